The van der Waals surface area contributed by atoms with E-state index >= 15 is 0 Å². The van der Waals surface area contributed by atoms with Gasteiger partial charge in [-0.25, -0.2) is 4.98 Å². The van der Waals surface area contributed by atoms with E-state index in [0.717, 1.165) is 48.3 Å². The average Bonchev–Trinajstić information content (AvgIpc) is 3.60. The van der Waals surface area contributed by atoms with E-state index in [1.807, 2.05) is 80.5 Å². The van der Waals surface area contributed by atoms with E-state index in [9.17, 15) is 14.5 Å². The maximum atomic E-state index is 13.8. The van der Waals surface area contributed by atoms with Crippen molar-refractivity contribution in [2.24, 2.45) is 0 Å². The van der Waals surface area contributed by atoms with Crippen molar-refractivity contribution >= 4 is 17.3 Å². The van der Waals surface area contributed by atoms with Crippen LogP contribution in [0.4, 0.5) is 0 Å². The number of aliphatic hydroxyl groups is 1. The summed E-state index contributed by atoms with van der Waals surface area (Å²) >= 11 is -1.33. The van der Waals surface area contributed by atoms with Crippen LogP contribution in [-0.2, 0) is 24.5 Å². The van der Waals surface area contributed by atoms with Crippen LogP contribution in [0.1, 0.15) is 72.4 Å². The molecule has 5 rings (SSSR count). The summed E-state index contributed by atoms with van der Waals surface area (Å²) in [5.41, 5.74) is 5.83. The number of pyridine rings is 1. The highest BCUT2D eigenvalue weighted by Gasteiger charge is 2.45. The van der Waals surface area contributed by atoms with Gasteiger partial charge in [0.25, 0.3) is 5.91 Å². The number of nitrogens with zero attached hydrogens (tertiary/aromatic N) is 4. The second-order valence-corrected chi connectivity index (χ2v) is 15.4. The van der Waals surface area contributed by atoms with Crippen molar-refractivity contribution in [2.45, 2.75) is 63.5 Å². The van der Waals surface area contributed by atoms with Crippen LogP contribution in [0.5, 0.6) is 0 Å². The molecule has 0 bridgehead atoms. The Labute approximate surface area is 271 Å². The SMILES string of the molecule is CN(C)CC#Cc1cccc(-c2nc(C(=O)NC3CCN(Cc4ccccc4)C3)cc3c2C(CCO)N([S@+]([O-])C(C)(C)C)C3)c1. The second-order valence-electron chi connectivity index (χ2n) is 13.2. The van der Waals surface area contributed by atoms with Gasteiger partial charge >= 0.3 is 0 Å². The van der Waals surface area contributed by atoms with Crippen molar-refractivity contribution < 1.29 is 14.5 Å². The highest BCUT2D eigenvalue weighted by Crippen LogP contribution is 2.45. The Hall–Kier alpha value is -3.23. The van der Waals surface area contributed by atoms with Gasteiger partial charge in [-0.3, -0.25) is 14.6 Å². The monoisotopic (exact) mass is 627 g/mol. The minimum absolute atomic E-state index is 0.0297. The van der Waals surface area contributed by atoms with Crippen molar-refractivity contribution in [3.8, 4) is 23.1 Å². The number of fused-ring (bicyclic) bond motifs is 1. The molecule has 2 aromatic carbocycles. The Balaban J connectivity index is 1.47. The molecule has 238 valence electrons. The van der Waals surface area contributed by atoms with Gasteiger partial charge in [0.2, 0.25) is 0 Å². The van der Waals surface area contributed by atoms with Crippen LogP contribution in [0, 0.1) is 11.8 Å². The Morgan fingerprint density at radius 2 is 1.93 bits per heavy atom. The highest BCUT2D eigenvalue weighted by atomic mass is 32.2. The minimum Gasteiger partial charge on any atom is -0.597 e. The van der Waals surface area contributed by atoms with Gasteiger partial charge in [-0.1, -0.05) is 54.3 Å². The first-order valence-electron chi connectivity index (χ1n) is 15.7. The minimum atomic E-state index is -1.33. The Morgan fingerprint density at radius 1 is 1.16 bits per heavy atom. The molecule has 0 aliphatic carbocycles. The lowest BCUT2D eigenvalue weighted by molar-refractivity contribution is 0.0932. The molecule has 1 aromatic heterocycles. The Bertz CT molecular complexity index is 1550. The topological polar surface area (TPSA) is 95.0 Å². The van der Waals surface area contributed by atoms with E-state index in [1.165, 1.54) is 5.56 Å². The molecule has 0 spiro atoms. The molecule has 0 radical (unpaired) electrons. The number of aromatic nitrogens is 1. The largest absolute Gasteiger partial charge is 0.597 e. The third-order valence-corrected chi connectivity index (χ3v) is 10.0. The lowest BCUT2D eigenvalue weighted by atomic mass is 9.95. The molecular formula is C36H45N5O3S. The molecule has 3 aromatic rings. The fourth-order valence-corrected chi connectivity index (χ4v) is 7.45. The van der Waals surface area contributed by atoms with E-state index in [0.29, 0.717) is 30.9 Å². The normalized spacial score (nSPS) is 19.3. The van der Waals surface area contributed by atoms with Crippen molar-refractivity contribution in [1.29, 1.82) is 0 Å². The molecule has 2 aliphatic heterocycles. The molecule has 2 aliphatic rings. The molecular weight excluding hydrogens is 582 g/mol. The number of carbonyl (C=O) groups is 1. The molecule has 1 fully saturated rings. The van der Waals surface area contributed by atoms with Gasteiger partial charge in [-0.2, -0.15) is 0 Å². The number of benzene rings is 2. The molecule has 45 heavy (non-hydrogen) atoms. The third-order valence-electron chi connectivity index (χ3n) is 8.14. The van der Waals surface area contributed by atoms with Gasteiger partial charge in [0, 0.05) is 60.3 Å². The van der Waals surface area contributed by atoms with Crippen LogP contribution in [0.25, 0.3) is 11.3 Å². The maximum absolute atomic E-state index is 13.8. The summed E-state index contributed by atoms with van der Waals surface area (Å²) in [4.78, 5) is 23.1. The zero-order chi connectivity index (χ0) is 32.1. The summed E-state index contributed by atoms with van der Waals surface area (Å²) < 4.78 is 15.2. The summed E-state index contributed by atoms with van der Waals surface area (Å²) in [6.45, 7) is 9.43. The first kappa shape index (κ1) is 33.1. The van der Waals surface area contributed by atoms with Gasteiger partial charge < -0.3 is 15.0 Å². The quantitative estimate of drug-likeness (QED) is 0.269. The van der Waals surface area contributed by atoms with E-state index in [2.05, 4.69) is 46.3 Å². The second kappa shape index (κ2) is 14.5. The maximum Gasteiger partial charge on any atom is 0.270 e. The fourth-order valence-electron chi connectivity index (χ4n) is 6.04. The standard InChI is InChI=1S/C36H45N5O3S/c1-36(2,3)45(44)41-24-29-22-31(35(43)37-30-16-19-40(25-30)23-27-11-7-6-8-12-27)38-34(33(29)32(41)17-20-42)28-15-9-13-26(21-28)14-10-18-39(4)5/h6-9,11-13,15,21-22,30,32,42H,16-20,23-25H2,1-5H3,(H,37,43)/t30?,32?,45-/m1/s1. The average molecular weight is 628 g/mol. The van der Waals surface area contributed by atoms with Crippen molar-refractivity contribution in [3.63, 3.8) is 0 Å². The molecule has 1 saturated heterocycles. The summed E-state index contributed by atoms with van der Waals surface area (Å²) in [5, 5.41) is 13.3. The van der Waals surface area contributed by atoms with Crippen LogP contribution in [0.3, 0.4) is 0 Å². The van der Waals surface area contributed by atoms with Crippen LogP contribution in [0.15, 0.2) is 60.7 Å². The number of nitrogens with one attached hydrogen (secondary N) is 1. The van der Waals surface area contributed by atoms with E-state index in [4.69, 9.17) is 4.98 Å². The summed E-state index contributed by atoms with van der Waals surface area (Å²) in [6.07, 6.45) is 1.29. The van der Waals surface area contributed by atoms with E-state index < -0.39 is 16.1 Å². The summed E-state index contributed by atoms with van der Waals surface area (Å²) in [6, 6.07) is 19.9. The van der Waals surface area contributed by atoms with Crippen LogP contribution < -0.4 is 5.32 Å². The van der Waals surface area contributed by atoms with Crippen LogP contribution >= 0.6 is 0 Å². The predicted octanol–water partition coefficient (Wildman–Crippen LogP) is 4.37. The highest BCUT2D eigenvalue weighted by molar-refractivity contribution is 7.90. The zero-order valence-corrected chi connectivity index (χ0v) is 27.9. The molecule has 0 saturated carbocycles. The summed E-state index contributed by atoms with van der Waals surface area (Å²) in [5.74, 6) is 6.23. The number of carbonyl (C=O) groups excluding carboxylic acids is 1. The van der Waals surface area contributed by atoms with Gasteiger partial charge in [0.05, 0.1) is 24.8 Å². The number of aliphatic hydroxyl groups excluding tert-OH is 1. The molecule has 2 N–H and O–H groups in total. The van der Waals surface area contributed by atoms with E-state index in [1.54, 1.807) is 0 Å². The third kappa shape index (κ3) is 8.14. The number of hydrogen-bond donors (Lipinski definition) is 2. The van der Waals surface area contributed by atoms with Gasteiger partial charge in [-0.15, -0.1) is 4.31 Å². The first-order valence-corrected chi connectivity index (χ1v) is 16.8. The van der Waals surface area contributed by atoms with Crippen molar-refractivity contribution in [1.82, 2.24) is 24.4 Å². The first-order chi connectivity index (χ1) is 21.5. The Morgan fingerprint density at radius 3 is 2.64 bits per heavy atom. The number of rotatable bonds is 9. The van der Waals surface area contributed by atoms with Gasteiger partial charge in [0.1, 0.15) is 10.4 Å². The van der Waals surface area contributed by atoms with Crippen molar-refractivity contribution in [3.05, 3.63) is 88.6 Å². The van der Waals surface area contributed by atoms with Crippen LogP contribution in [0.2, 0.25) is 0 Å². The number of amides is 1. The lowest BCUT2D eigenvalue weighted by Gasteiger charge is -2.33. The molecule has 3 atom stereocenters. The zero-order valence-electron chi connectivity index (χ0n) is 27.0. The lowest BCUT2D eigenvalue weighted by Crippen LogP contribution is -2.42. The number of hydrogen-bond acceptors (Lipinski definition) is 7. The van der Waals surface area contributed by atoms with Gasteiger partial charge in [-0.05, 0) is 77.0 Å². The van der Waals surface area contributed by atoms with Crippen molar-refractivity contribution in [2.75, 3.05) is 40.3 Å². The van der Waals surface area contributed by atoms with Gasteiger partial charge in [0.15, 0.2) is 0 Å². The predicted molar refractivity (Wildman–Crippen MR) is 181 cm³/mol. The Kier molecular flexibility index (Phi) is 10.7. The molecule has 9 heteroatoms. The van der Waals surface area contributed by atoms with Crippen LogP contribution in [-0.4, -0.2) is 85.8 Å². The number of likely N-dealkylation sites (tertiary alicyclic amines) is 1. The molecule has 3 heterocycles. The molecule has 2 unspecified atom stereocenters. The summed E-state index contributed by atoms with van der Waals surface area (Å²) in [7, 11) is 3.96. The fraction of sp³-hybridized carbons (Fsp3) is 0.444. The molecule has 1 amide bonds. The smallest absolute Gasteiger partial charge is 0.270 e. The molecule has 8 nitrogen and oxygen atoms in total. The van der Waals surface area contributed by atoms with E-state index in [-0.39, 0.29) is 24.6 Å².